The standard InChI is InChI=1S/C11H7ClFNO3/c1-17-11(16)9-4-10(15)5-2-7(13)6(12)3-8(5)14-9/h2-4H,1H3,(H,14,15). The summed E-state index contributed by atoms with van der Waals surface area (Å²) < 4.78 is 17.7. The van der Waals surface area contributed by atoms with E-state index in [0.717, 1.165) is 12.1 Å². The summed E-state index contributed by atoms with van der Waals surface area (Å²) in [5, 5.41) is 9.70. The van der Waals surface area contributed by atoms with Crippen LogP contribution < -0.4 is 0 Å². The number of halogens is 2. The van der Waals surface area contributed by atoms with Crippen LogP contribution in [0.1, 0.15) is 10.5 Å². The summed E-state index contributed by atoms with van der Waals surface area (Å²) in [4.78, 5) is 15.2. The number of nitrogens with zero attached hydrogens (tertiary/aromatic N) is 1. The molecule has 4 nitrogen and oxygen atoms in total. The number of fused-ring (bicyclic) bond motifs is 1. The molecule has 0 saturated carbocycles. The maximum atomic E-state index is 13.2. The molecule has 2 rings (SSSR count). The Bertz CT molecular complexity index is 615. The van der Waals surface area contributed by atoms with Crippen LogP contribution in [0.3, 0.4) is 0 Å². The van der Waals surface area contributed by atoms with Crippen LogP contribution in [0.2, 0.25) is 5.02 Å². The van der Waals surface area contributed by atoms with Gasteiger partial charge in [0.15, 0.2) is 5.69 Å². The molecular formula is C11H7ClFNO3. The maximum Gasteiger partial charge on any atom is 0.356 e. The van der Waals surface area contributed by atoms with E-state index in [9.17, 15) is 14.3 Å². The minimum Gasteiger partial charge on any atom is -0.507 e. The molecule has 17 heavy (non-hydrogen) atoms. The second-order valence-corrected chi connectivity index (χ2v) is 3.71. The van der Waals surface area contributed by atoms with Crippen LogP contribution in [0.5, 0.6) is 5.75 Å². The van der Waals surface area contributed by atoms with Crippen molar-refractivity contribution in [3.05, 3.63) is 34.7 Å². The van der Waals surface area contributed by atoms with E-state index in [-0.39, 0.29) is 27.4 Å². The van der Waals surface area contributed by atoms with Gasteiger partial charge >= 0.3 is 5.97 Å². The van der Waals surface area contributed by atoms with Crippen LogP contribution in [0.4, 0.5) is 4.39 Å². The van der Waals surface area contributed by atoms with E-state index in [2.05, 4.69) is 9.72 Å². The first-order chi connectivity index (χ1) is 8.02. The van der Waals surface area contributed by atoms with E-state index in [4.69, 9.17) is 11.6 Å². The van der Waals surface area contributed by atoms with E-state index < -0.39 is 11.8 Å². The molecular weight excluding hydrogens is 249 g/mol. The summed E-state index contributed by atoms with van der Waals surface area (Å²) in [6.45, 7) is 0. The number of carbonyl (C=O) groups is 1. The highest BCUT2D eigenvalue weighted by atomic mass is 35.5. The summed E-state index contributed by atoms with van der Waals surface area (Å²) in [6, 6.07) is 3.40. The fraction of sp³-hybridized carbons (Fsp3) is 0.0909. The molecule has 0 amide bonds. The largest absolute Gasteiger partial charge is 0.507 e. The highest BCUT2D eigenvalue weighted by molar-refractivity contribution is 6.31. The number of benzene rings is 1. The number of hydrogen-bond donors (Lipinski definition) is 1. The van der Waals surface area contributed by atoms with Gasteiger partial charge in [-0.2, -0.15) is 0 Å². The van der Waals surface area contributed by atoms with Crippen LogP contribution in [0.15, 0.2) is 18.2 Å². The highest BCUT2D eigenvalue weighted by Gasteiger charge is 2.13. The molecule has 0 radical (unpaired) electrons. The Hall–Kier alpha value is -1.88. The second kappa shape index (κ2) is 4.18. The number of carbonyl (C=O) groups excluding carboxylic acids is 1. The summed E-state index contributed by atoms with van der Waals surface area (Å²) in [5.74, 6) is -1.62. The lowest BCUT2D eigenvalue weighted by Gasteiger charge is -2.05. The van der Waals surface area contributed by atoms with Crippen molar-refractivity contribution in [3.63, 3.8) is 0 Å². The Morgan fingerprint density at radius 1 is 1.47 bits per heavy atom. The van der Waals surface area contributed by atoms with Crippen LogP contribution in [-0.4, -0.2) is 23.2 Å². The monoisotopic (exact) mass is 255 g/mol. The predicted octanol–water partition coefficient (Wildman–Crippen LogP) is 2.52. The molecule has 0 saturated heterocycles. The fourth-order valence-corrected chi connectivity index (χ4v) is 1.57. The summed E-state index contributed by atoms with van der Waals surface area (Å²) >= 11 is 5.59. The molecule has 1 N–H and O–H groups in total. The molecule has 0 atom stereocenters. The van der Waals surface area contributed by atoms with Crippen molar-refractivity contribution < 1.29 is 19.0 Å². The predicted molar refractivity (Wildman–Crippen MR) is 59.7 cm³/mol. The van der Waals surface area contributed by atoms with Crippen molar-refractivity contribution in [2.45, 2.75) is 0 Å². The molecule has 0 aliphatic rings. The van der Waals surface area contributed by atoms with Gasteiger partial charge in [0.2, 0.25) is 0 Å². The van der Waals surface area contributed by atoms with Crippen LogP contribution in [0, 0.1) is 5.82 Å². The molecule has 1 aromatic heterocycles. The van der Waals surface area contributed by atoms with E-state index in [1.807, 2.05) is 0 Å². The summed E-state index contributed by atoms with van der Waals surface area (Å²) in [5.41, 5.74) is 0.150. The third-order valence-electron chi connectivity index (χ3n) is 2.22. The molecule has 0 fully saturated rings. The van der Waals surface area contributed by atoms with Crippen molar-refractivity contribution >= 4 is 28.5 Å². The third-order valence-corrected chi connectivity index (χ3v) is 2.51. The topological polar surface area (TPSA) is 59.4 Å². The number of aromatic hydroxyl groups is 1. The van der Waals surface area contributed by atoms with Gasteiger partial charge < -0.3 is 9.84 Å². The lowest BCUT2D eigenvalue weighted by atomic mass is 10.1. The van der Waals surface area contributed by atoms with Gasteiger partial charge in [0.25, 0.3) is 0 Å². The second-order valence-electron chi connectivity index (χ2n) is 3.30. The van der Waals surface area contributed by atoms with Crippen LogP contribution in [-0.2, 0) is 4.74 Å². The zero-order chi connectivity index (χ0) is 12.6. The van der Waals surface area contributed by atoms with Gasteiger partial charge in [-0.25, -0.2) is 14.2 Å². The minimum atomic E-state index is -0.692. The number of pyridine rings is 1. The number of rotatable bonds is 1. The molecule has 0 aliphatic heterocycles. The SMILES string of the molecule is COC(=O)c1cc(O)c2cc(F)c(Cl)cc2n1. The smallest absolute Gasteiger partial charge is 0.356 e. The van der Waals surface area contributed by atoms with E-state index in [0.29, 0.717) is 0 Å². The molecule has 2 aromatic rings. The Morgan fingerprint density at radius 3 is 2.82 bits per heavy atom. The Balaban J connectivity index is 2.73. The van der Waals surface area contributed by atoms with Gasteiger partial charge in [0, 0.05) is 11.5 Å². The lowest BCUT2D eigenvalue weighted by Crippen LogP contribution is -2.04. The third kappa shape index (κ3) is 2.01. The van der Waals surface area contributed by atoms with Crippen molar-refractivity contribution in [2.75, 3.05) is 7.11 Å². The first kappa shape index (κ1) is 11.6. The van der Waals surface area contributed by atoms with Gasteiger partial charge in [0.05, 0.1) is 17.6 Å². The number of aromatic nitrogens is 1. The molecule has 1 heterocycles. The Morgan fingerprint density at radius 2 is 2.18 bits per heavy atom. The average molecular weight is 256 g/mol. The van der Waals surface area contributed by atoms with Gasteiger partial charge in [-0.1, -0.05) is 11.6 Å². The molecule has 6 heteroatoms. The Labute approximate surface area is 101 Å². The normalized spacial score (nSPS) is 10.5. The number of esters is 1. The molecule has 0 bridgehead atoms. The van der Waals surface area contributed by atoms with E-state index >= 15 is 0 Å². The fourth-order valence-electron chi connectivity index (χ4n) is 1.41. The summed E-state index contributed by atoms with van der Waals surface area (Å²) in [7, 11) is 1.20. The Kier molecular flexibility index (Phi) is 2.85. The number of ether oxygens (including phenoxy) is 1. The molecule has 0 unspecified atom stereocenters. The molecule has 1 aromatic carbocycles. The molecule has 0 spiro atoms. The van der Waals surface area contributed by atoms with Crippen molar-refractivity contribution in [2.24, 2.45) is 0 Å². The first-order valence-corrected chi connectivity index (χ1v) is 4.98. The van der Waals surface area contributed by atoms with Crippen LogP contribution in [0.25, 0.3) is 10.9 Å². The van der Waals surface area contributed by atoms with Gasteiger partial charge in [0.1, 0.15) is 11.6 Å². The molecule has 88 valence electrons. The minimum absolute atomic E-state index is 0.0693. The highest BCUT2D eigenvalue weighted by Crippen LogP contribution is 2.28. The van der Waals surface area contributed by atoms with E-state index in [1.54, 1.807) is 0 Å². The lowest BCUT2D eigenvalue weighted by molar-refractivity contribution is 0.0594. The van der Waals surface area contributed by atoms with Gasteiger partial charge in [-0.15, -0.1) is 0 Å². The molecule has 0 aliphatic carbocycles. The maximum absolute atomic E-state index is 13.2. The van der Waals surface area contributed by atoms with Crippen LogP contribution >= 0.6 is 11.6 Å². The van der Waals surface area contributed by atoms with E-state index in [1.165, 1.54) is 13.2 Å². The summed E-state index contributed by atoms with van der Waals surface area (Å²) in [6.07, 6.45) is 0. The van der Waals surface area contributed by atoms with Crippen molar-refractivity contribution in [1.29, 1.82) is 0 Å². The number of hydrogen-bond acceptors (Lipinski definition) is 4. The zero-order valence-electron chi connectivity index (χ0n) is 8.70. The first-order valence-electron chi connectivity index (χ1n) is 4.60. The van der Waals surface area contributed by atoms with Crippen molar-refractivity contribution in [3.8, 4) is 5.75 Å². The zero-order valence-corrected chi connectivity index (χ0v) is 9.45. The van der Waals surface area contributed by atoms with Gasteiger partial charge in [-0.05, 0) is 12.1 Å². The van der Waals surface area contributed by atoms with Gasteiger partial charge in [-0.3, -0.25) is 0 Å². The van der Waals surface area contributed by atoms with Crippen molar-refractivity contribution in [1.82, 2.24) is 4.98 Å². The number of methoxy groups -OCH3 is 1. The quantitative estimate of drug-likeness (QED) is 0.796. The average Bonchev–Trinajstić information content (AvgIpc) is 2.30.